The number of nitrogens with one attached hydrogen (secondary N) is 2. The van der Waals surface area contributed by atoms with Crippen molar-refractivity contribution in [1.82, 2.24) is 20.4 Å². The van der Waals surface area contributed by atoms with Crippen molar-refractivity contribution in [3.8, 4) is 11.5 Å². The van der Waals surface area contributed by atoms with Crippen molar-refractivity contribution < 1.29 is 9.47 Å². The SMILES string of the molecule is CN=C(NCC1(c2ccc3c(c2)OCCO3)CCCC1)NC(C)Cc1c(C)nn(C)c1C. The molecule has 2 aliphatic rings. The van der Waals surface area contributed by atoms with Crippen LogP contribution in [-0.2, 0) is 18.9 Å². The van der Waals surface area contributed by atoms with Crippen molar-refractivity contribution in [2.24, 2.45) is 12.0 Å². The van der Waals surface area contributed by atoms with Gasteiger partial charge >= 0.3 is 0 Å². The fraction of sp³-hybridized carbons (Fsp3) is 0.600. The minimum absolute atomic E-state index is 0.0905. The third kappa shape index (κ3) is 4.57. The molecule has 32 heavy (non-hydrogen) atoms. The molecule has 0 radical (unpaired) electrons. The molecular weight excluding hydrogens is 402 g/mol. The van der Waals surface area contributed by atoms with Crippen LogP contribution in [0, 0.1) is 13.8 Å². The maximum Gasteiger partial charge on any atom is 0.191 e. The van der Waals surface area contributed by atoms with Crippen LogP contribution in [-0.4, -0.2) is 48.6 Å². The normalized spacial score (nSPS) is 18.5. The number of aryl methyl sites for hydroxylation is 2. The van der Waals surface area contributed by atoms with Gasteiger partial charge in [-0.2, -0.15) is 5.10 Å². The number of benzene rings is 1. The summed E-state index contributed by atoms with van der Waals surface area (Å²) in [5.41, 5.74) is 5.06. The lowest BCUT2D eigenvalue weighted by Gasteiger charge is -2.32. The number of rotatable bonds is 6. The van der Waals surface area contributed by atoms with E-state index in [4.69, 9.17) is 9.47 Å². The first kappa shape index (κ1) is 22.5. The average molecular weight is 440 g/mol. The van der Waals surface area contributed by atoms with Crippen molar-refractivity contribution in [2.45, 2.75) is 64.3 Å². The summed E-state index contributed by atoms with van der Waals surface area (Å²) >= 11 is 0. The van der Waals surface area contributed by atoms with Gasteiger partial charge < -0.3 is 20.1 Å². The number of ether oxygens (including phenoxy) is 2. The predicted octanol–water partition coefficient (Wildman–Crippen LogP) is 3.42. The van der Waals surface area contributed by atoms with Gasteiger partial charge in [0.25, 0.3) is 0 Å². The molecule has 4 rings (SSSR count). The Morgan fingerprint density at radius 1 is 1.19 bits per heavy atom. The van der Waals surface area contributed by atoms with Gasteiger partial charge in [0.05, 0.1) is 5.69 Å². The number of aromatic nitrogens is 2. The molecule has 0 amide bonds. The fourth-order valence-corrected chi connectivity index (χ4v) is 5.14. The van der Waals surface area contributed by atoms with Gasteiger partial charge in [-0.15, -0.1) is 0 Å². The predicted molar refractivity (Wildman–Crippen MR) is 128 cm³/mol. The van der Waals surface area contributed by atoms with Crippen LogP contribution in [0.1, 0.15) is 55.1 Å². The highest BCUT2D eigenvalue weighted by Crippen LogP contribution is 2.43. The van der Waals surface area contributed by atoms with Crippen LogP contribution in [0.15, 0.2) is 23.2 Å². The molecule has 1 fully saturated rings. The first-order valence-corrected chi connectivity index (χ1v) is 11.8. The van der Waals surface area contributed by atoms with Crippen LogP contribution in [0.3, 0.4) is 0 Å². The van der Waals surface area contributed by atoms with Crippen LogP contribution in [0.5, 0.6) is 11.5 Å². The van der Waals surface area contributed by atoms with Gasteiger partial charge in [-0.1, -0.05) is 18.9 Å². The van der Waals surface area contributed by atoms with Crippen molar-refractivity contribution in [3.05, 3.63) is 40.7 Å². The van der Waals surface area contributed by atoms with Crippen LogP contribution in [0.25, 0.3) is 0 Å². The first-order valence-electron chi connectivity index (χ1n) is 11.8. The molecule has 2 heterocycles. The zero-order valence-corrected chi connectivity index (χ0v) is 20.1. The Bertz CT molecular complexity index is 975. The van der Waals surface area contributed by atoms with E-state index < -0.39 is 0 Å². The Labute approximate surface area is 191 Å². The molecule has 1 aliphatic carbocycles. The Hall–Kier alpha value is -2.70. The summed E-state index contributed by atoms with van der Waals surface area (Å²) in [6.07, 6.45) is 5.75. The molecule has 174 valence electrons. The molecule has 0 spiro atoms. The third-order valence-electron chi connectivity index (χ3n) is 7.09. The summed E-state index contributed by atoms with van der Waals surface area (Å²) in [6.45, 7) is 8.50. The number of hydrogen-bond donors (Lipinski definition) is 2. The zero-order valence-electron chi connectivity index (χ0n) is 20.1. The van der Waals surface area contributed by atoms with E-state index in [-0.39, 0.29) is 11.5 Å². The molecule has 7 heteroatoms. The topological polar surface area (TPSA) is 72.7 Å². The second kappa shape index (κ2) is 9.43. The standard InChI is InChI=1S/C25H37N5O2/c1-17(14-21-18(2)29-30(5)19(21)3)28-24(26-4)27-16-25(10-6-7-11-25)20-8-9-22-23(15-20)32-13-12-31-22/h8-9,15,17H,6-7,10-14,16H2,1-5H3,(H2,26,27,28). The monoisotopic (exact) mass is 439 g/mol. The summed E-state index contributed by atoms with van der Waals surface area (Å²) in [4.78, 5) is 4.50. The van der Waals surface area contributed by atoms with Crippen LogP contribution in [0.4, 0.5) is 0 Å². The molecule has 0 saturated heterocycles. The average Bonchev–Trinajstić information content (AvgIpc) is 3.37. The minimum atomic E-state index is 0.0905. The number of guanidine groups is 1. The second-order valence-electron chi connectivity index (χ2n) is 9.29. The number of hydrogen-bond acceptors (Lipinski definition) is 4. The van der Waals surface area contributed by atoms with Gasteiger partial charge in [0.1, 0.15) is 13.2 Å². The van der Waals surface area contributed by atoms with Crippen molar-refractivity contribution in [1.29, 1.82) is 0 Å². The molecule has 1 atom stereocenters. The van der Waals surface area contributed by atoms with E-state index in [1.807, 2.05) is 18.8 Å². The van der Waals surface area contributed by atoms with Crippen molar-refractivity contribution in [2.75, 3.05) is 26.8 Å². The van der Waals surface area contributed by atoms with E-state index >= 15 is 0 Å². The fourth-order valence-electron chi connectivity index (χ4n) is 5.14. The number of nitrogens with zero attached hydrogens (tertiary/aromatic N) is 3. The second-order valence-corrected chi connectivity index (χ2v) is 9.29. The molecule has 2 N–H and O–H groups in total. The van der Waals surface area contributed by atoms with Crippen molar-refractivity contribution >= 4 is 5.96 Å². The van der Waals surface area contributed by atoms with Crippen molar-refractivity contribution in [3.63, 3.8) is 0 Å². The smallest absolute Gasteiger partial charge is 0.191 e. The molecule has 0 bridgehead atoms. The Balaban J connectivity index is 1.42. The summed E-state index contributed by atoms with van der Waals surface area (Å²) in [5, 5.41) is 11.8. The quantitative estimate of drug-likeness (QED) is 0.533. The third-order valence-corrected chi connectivity index (χ3v) is 7.09. The maximum absolute atomic E-state index is 5.86. The molecule has 1 aromatic heterocycles. The van der Waals surface area contributed by atoms with Gasteiger partial charge in [-0.3, -0.25) is 9.67 Å². The van der Waals surface area contributed by atoms with E-state index in [9.17, 15) is 0 Å². The molecular formula is C25H37N5O2. The van der Waals surface area contributed by atoms with Gasteiger partial charge in [-0.05, 0) is 63.3 Å². The van der Waals surface area contributed by atoms with Gasteiger partial charge in [0.15, 0.2) is 17.5 Å². The van der Waals surface area contributed by atoms with E-state index in [1.54, 1.807) is 0 Å². The van der Waals surface area contributed by atoms with E-state index in [0.717, 1.165) is 36.1 Å². The zero-order chi connectivity index (χ0) is 22.7. The lowest BCUT2D eigenvalue weighted by atomic mass is 9.78. The molecule has 2 aromatic rings. The van der Waals surface area contributed by atoms with Gasteiger partial charge in [0, 0.05) is 37.8 Å². The van der Waals surface area contributed by atoms with E-state index in [0.29, 0.717) is 13.2 Å². The Kier molecular flexibility index (Phi) is 6.63. The van der Waals surface area contributed by atoms with Crippen LogP contribution in [0.2, 0.25) is 0 Å². The van der Waals surface area contributed by atoms with E-state index in [1.165, 1.54) is 42.5 Å². The number of aliphatic imine (C=N–C) groups is 1. The molecule has 7 nitrogen and oxygen atoms in total. The van der Waals surface area contributed by atoms with Crippen LogP contribution >= 0.6 is 0 Å². The molecule has 1 aromatic carbocycles. The maximum atomic E-state index is 5.86. The molecule has 1 aliphatic heterocycles. The highest BCUT2D eigenvalue weighted by Gasteiger charge is 2.36. The largest absolute Gasteiger partial charge is 0.486 e. The highest BCUT2D eigenvalue weighted by molar-refractivity contribution is 5.80. The summed E-state index contributed by atoms with van der Waals surface area (Å²) in [6, 6.07) is 6.72. The van der Waals surface area contributed by atoms with Gasteiger partial charge in [-0.25, -0.2) is 0 Å². The van der Waals surface area contributed by atoms with Gasteiger partial charge in [0.2, 0.25) is 0 Å². The first-order chi connectivity index (χ1) is 15.4. The Morgan fingerprint density at radius 3 is 2.56 bits per heavy atom. The lowest BCUT2D eigenvalue weighted by Crippen LogP contribution is -2.47. The highest BCUT2D eigenvalue weighted by atomic mass is 16.6. The molecule has 1 saturated carbocycles. The van der Waals surface area contributed by atoms with Crippen LogP contribution < -0.4 is 20.1 Å². The summed E-state index contributed by atoms with van der Waals surface area (Å²) in [5.74, 6) is 2.58. The Morgan fingerprint density at radius 2 is 1.91 bits per heavy atom. The summed E-state index contributed by atoms with van der Waals surface area (Å²) < 4.78 is 13.5. The number of fused-ring (bicyclic) bond motifs is 1. The van der Waals surface area contributed by atoms with E-state index in [2.05, 4.69) is 59.7 Å². The summed E-state index contributed by atoms with van der Waals surface area (Å²) in [7, 11) is 3.84. The molecule has 1 unspecified atom stereocenters. The minimum Gasteiger partial charge on any atom is -0.486 e. The lowest BCUT2D eigenvalue weighted by molar-refractivity contribution is 0.171.